The van der Waals surface area contributed by atoms with Crippen molar-refractivity contribution >= 4 is 40.6 Å². The third-order valence-corrected chi connectivity index (χ3v) is 6.26. The van der Waals surface area contributed by atoms with Gasteiger partial charge >= 0.3 is 0 Å². The molecule has 2 unspecified atom stereocenters. The molecule has 2 atom stereocenters. The second kappa shape index (κ2) is 6.69. The van der Waals surface area contributed by atoms with Gasteiger partial charge in [-0.1, -0.05) is 0 Å². The first-order valence-corrected chi connectivity index (χ1v) is 11.0. The first-order chi connectivity index (χ1) is 9.43. The highest BCUT2D eigenvalue weighted by atomic mass is 35.7. The van der Waals surface area contributed by atoms with Gasteiger partial charge in [0, 0.05) is 39.5 Å². The number of hydrogen-bond donors (Lipinski definition) is 1. The van der Waals surface area contributed by atoms with Crippen LogP contribution >= 0.6 is 10.7 Å². The summed E-state index contributed by atoms with van der Waals surface area (Å²) in [5, 5.41) is 0. The van der Waals surface area contributed by atoms with Gasteiger partial charge in [-0.2, -0.15) is 0 Å². The summed E-state index contributed by atoms with van der Waals surface area (Å²) in [5.74, 6) is -1.18. The maximum atomic E-state index is 13.8. The molecule has 120 valence electrons. The fourth-order valence-corrected chi connectivity index (χ4v) is 4.52. The van der Waals surface area contributed by atoms with Crippen molar-refractivity contribution in [3.63, 3.8) is 0 Å². The molecular weight excluding hydrogens is 365 g/mol. The van der Waals surface area contributed by atoms with E-state index < -0.39 is 51.5 Å². The number of hydrogen-bond acceptors (Lipinski definition) is 5. The average Bonchev–Trinajstić information content (AvgIpc) is 2.24. The third-order valence-electron chi connectivity index (χ3n) is 2.32. The predicted molar refractivity (Wildman–Crippen MR) is 78.2 cm³/mol. The van der Waals surface area contributed by atoms with Crippen molar-refractivity contribution in [3.8, 4) is 0 Å². The number of nitrogens with one attached hydrogen (secondary N) is 1. The van der Waals surface area contributed by atoms with Gasteiger partial charge in [-0.15, -0.1) is 0 Å². The monoisotopic (exact) mass is 377 g/mol. The summed E-state index contributed by atoms with van der Waals surface area (Å²) in [6.45, 7) is 1.48. The standard InChI is InChI=1S/C10H13ClFNO5S3/c1-7(6-19(2)14)13-21(17,18)10-4-3-8(5-9(10)12)20(11,15)16/h3-5,7,13H,6H2,1-2H3. The molecule has 0 saturated heterocycles. The fourth-order valence-electron chi connectivity index (χ4n) is 1.57. The van der Waals surface area contributed by atoms with E-state index in [-0.39, 0.29) is 5.75 Å². The molecule has 0 aromatic heterocycles. The van der Waals surface area contributed by atoms with Gasteiger partial charge in [-0.3, -0.25) is 4.21 Å². The van der Waals surface area contributed by atoms with E-state index in [1.54, 1.807) is 0 Å². The Labute approximate surface area is 129 Å². The highest BCUT2D eigenvalue weighted by molar-refractivity contribution is 8.13. The van der Waals surface area contributed by atoms with Crippen LogP contribution in [0.2, 0.25) is 0 Å². The van der Waals surface area contributed by atoms with Gasteiger partial charge in [-0.05, 0) is 25.1 Å². The van der Waals surface area contributed by atoms with Crippen LogP contribution in [0, 0.1) is 5.82 Å². The third kappa shape index (κ3) is 5.29. The van der Waals surface area contributed by atoms with E-state index in [2.05, 4.69) is 4.72 Å². The maximum absolute atomic E-state index is 13.8. The number of benzene rings is 1. The van der Waals surface area contributed by atoms with Crippen LogP contribution in [0.3, 0.4) is 0 Å². The molecule has 0 radical (unpaired) electrons. The lowest BCUT2D eigenvalue weighted by atomic mass is 10.3. The minimum atomic E-state index is -4.20. The molecule has 1 rings (SSSR count). The molecule has 21 heavy (non-hydrogen) atoms. The Balaban J connectivity index is 3.13. The number of halogens is 2. The average molecular weight is 378 g/mol. The summed E-state index contributed by atoms with van der Waals surface area (Å²) in [4.78, 5) is -1.25. The normalized spacial score (nSPS) is 15.6. The molecule has 1 N–H and O–H groups in total. The molecule has 6 nitrogen and oxygen atoms in total. The van der Waals surface area contributed by atoms with Crippen LogP contribution < -0.4 is 4.72 Å². The summed E-state index contributed by atoms with van der Waals surface area (Å²) in [7, 11) is -4.52. The second-order valence-electron chi connectivity index (χ2n) is 4.29. The lowest BCUT2D eigenvalue weighted by Gasteiger charge is -2.13. The van der Waals surface area contributed by atoms with Gasteiger partial charge in [-0.25, -0.2) is 25.9 Å². The molecule has 0 fully saturated rings. The Hall–Kier alpha value is -0.550. The zero-order valence-corrected chi connectivity index (χ0v) is 14.2. The molecule has 0 aliphatic heterocycles. The van der Waals surface area contributed by atoms with Gasteiger partial charge in [0.2, 0.25) is 10.0 Å². The fraction of sp³-hybridized carbons (Fsp3) is 0.400. The van der Waals surface area contributed by atoms with Crippen molar-refractivity contribution < 1.29 is 25.4 Å². The van der Waals surface area contributed by atoms with Crippen LogP contribution in [-0.2, 0) is 29.9 Å². The molecule has 0 heterocycles. The van der Waals surface area contributed by atoms with Crippen LogP contribution in [0.15, 0.2) is 28.0 Å². The minimum absolute atomic E-state index is 0.0645. The zero-order valence-electron chi connectivity index (χ0n) is 11.0. The smallest absolute Gasteiger partial charge is 0.260 e. The molecular formula is C10H13ClFNO5S3. The van der Waals surface area contributed by atoms with Crippen molar-refractivity contribution in [2.75, 3.05) is 12.0 Å². The van der Waals surface area contributed by atoms with E-state index >= 15 is 0 Å². The maximum Gasteiger partial charge on any atom is 0.261 e. The Morgan fingerprint density at radius 2 is 1.90 bits per heavy atom. The van der Waals surface area contributed by atoms with Crippen molar-refractivity contribution in [2.45, 2.75) is 22.8 Å². The van der Waals surface area contributed by atoms with Crippen LogP contribution in [0.4, 0.5) is 4.39 Å². The van der Waals surface area contributed by atoms with Gasteiger partial charge in [0.25, 0.3) is 9.05 Å². The van der Waals surface area contributed by atoms with Crippen molar-refractivity contribution in [1.29, 1.82) is 0 Å². The van der Waals surface area contributed by atoms with Crippen LogP contribution in [0.25, 0.3) is 0 Å². The van der Waals surface area contributed by atoms with E-state index in [4.69, 9.17) is 10.7 Å². The lowest BCUT2D eigenvalue weighted by molar-refractivity contribution is 0.546. The van der Waals surface area contributed by atoms with Crippen LogP contribution in [0.5, 0.6) is 0 Å². The largest absolute Gasteiger partial charge is 0.261 e. The molecule has 0 saturated carbocycles. The minimum Gasteiger partial charge on any atom is -0.260 e. The molecule has 11 heteroatoms. The van der Waals surface area contributed by atoms with Gasteiger partial charge in [0.05, 0.1) is 4.90 Å². The highest BCUT2D eigenvalue weighted by Gasteiger charge is 2.23. The number of rotatable bonds is 6. The summed E-state index contributed by atoms with van der Waals surface area (Å²) in [5.41, 5.74) is 0. The summed E-state index contributed by atoms with van der Waals surface area (Å²) in [6, 6.07) is 1.56. The predicted octanol–water partition coefficient (Wildman–Crippen LogP) is 0.798. The zero-order chi connectivity index (χ0) is 16.4. The molecule has 0 aliphatic carbocycles. The van der Waals surface area contributed by atoms with Gasteiger partial charge in [0.1, 0.15) is 10.7 Å². The van der Waals surface area contributed by atoms with E-state index in [9.17, 15) is 25.4 Å². The van der Waals surface area contributed by atoms with Crippen molar-refractivity contribution in [1.82, 2.24) is 4.72 Å². The molecule has 1 aromatic carbocycles. The van der Waals surface area contributed by atoms with Crippen LogP contribution in [-0.4, -0.2) is 39.1 Å². The van der Waals surface area contributed by atoms with E-state index in [0.717, 1.165) is 12.1 Å². The Bertz CT molecular complexity index is 763. The quantitative estimate of drug-likeness (QED) is 0.739. The molecule has 0 aliphatic rings. The van der Waals surface area contributed by atoms with Gasteiger partial charge in [0.15, 0.2) is 0 Å². The summed E-state index contributed by atoms with van der Waals surface area (Å²) < 4.78 is 73.0. The first kappa shape index (κ1) is 18.5. The van der Waals surface area contributed by atoms with E-state index in [1.807, 2.05) is 0 Å². The SMILES string of the molecule is CC(CS(C)=O)NS(=O)(=O)c1ccc(S(=O)(=O)Cl)cc1F. The molecule has 1 aromatic rings. The molecule has 0 bridgehead atoms. The number of sulfonamides is 1. The first-order valence-electron chi connectivity index (χ1n) is 5.50. The Morgan fingerprint density at radius 1 is 1.33 bits per heavy atom. The van der Waals surface area contributed by atoms with Gasteiger partial charge < -0.3 is 0 Å². The molecule has 0 spiro atoms. The Kier molecular flexibility index (Phi) is 5.90. The topological polar surface area (TPSA) is 97.4 Å². The van der Waals surface area contributed by atoms with E-state index in [1.165, 1.54) is 13.2 Å². The summed E-state index contributed by atoms with van der Waals surface area (Å²) in [6.07, 6.45) is 1.41. The van der Waals surface area contributed by atoms with Crippen LogP contribution in [0.1, 0.15) is 6.92 Å². The second-order valence-corrected chi connectivity index (χ2v) is 10.0. The van der Waals surface area contributed by atoms with E-state index in [0.29, 0.717) is 6.07 Å². The van der Waals surface area contributed by atoms with Crippen molar-refractivity contribution in [2.24, 2.45) is 0 Å². The Morgan fingerprint density at radius 3 is 2.33 bits per heavy atom. The highest BCUT2D eigenvalue weighted by Crippen LogP contribution is 2.21. The van der Waals surface area contributed by atoms with Crippen molar-refractivity contribution in [3.05, 3.63) is 24.0 Å². The lowest BCUT2D eigenvalue weighted by Crippen LogP contribution is -2.36. The summed E-state index contributed by atoms with van der Waals surface area (Å²) >= 11 is 0. The molecule has 0 amide bonds.